The number of hydrogen-bond acceptors (Lipinski definition) is 2. The first-order valence-electron chi connectivity index (χ1n) is 3.32. The van der Waals surface area contributed by atoms with E-state index in [4.69, 9.17) is 0 Å². The van der Waals surface area contributed by atoms with E-state index in [0.717, 1.165) is 6.54 Å². The van der Waals surface area contributed by atoms with Gasteiger partial charge in [-0.2, -0.15) is 0 Å². The molecule has 1 heterocycles. The predicted octanol–water partition coefficient (Wildman–Crippen LogP) is 1.17. The minimum Gasteiger partial charge on any atom is -0.289 e. The fraction of sp³-hybridized carbons (Fsp3) is 0.714. The van der Waals surface area contributed by atoms with Gasteiger partial charge in [0.1, 0.15) is 0 Å². The number of nitrogens with zero attached hydrogens (tertiary/aromatic N) is 2. The first-order chi connectivity index (χ1) is 4.30. The van der Waals surface area contributed by atoms with Crippen LogP contribution in [0.3, 0.4) is 0 Å². The number of aliphatic imine (C=N–C) groups is 2. The van der Waals surface area contributed by atoms with Gasteiger partial charge in [-0.25, -0.2) is 0 Å². The molecular weight excluding hydrogens is 112 g/mol. The zero-order valence-electron chi connectivity index (χ0n) is 5.91. The molecule has 1 unspecified atom stereocenters. The molecule has 0 spiro atoms. The van der Waals surface area contributed by atoms with Gasteiger partial charge < -0.3 is 0 Å². The second-order valence-electron chi connectivity index (χ2n) is 2.62. The van der Waals surface area contributed by atoms with E-state index < -0.39 is 0 Å². The van der Waals surface area contributed by atoms with Gasteiger partial charge in [-0.05, 0) is 5.92 Å². The van der Waals surface area contributed by atoms with Gasteiger partial charge in [0.2, 0.25) is 0 Å². The van der Waals surface area contributed by atoms with Crippen molar-refractivity contribution in [2.75, 3.05) is 6.54 Å². The molecule has 0 aliphatic carbocycles. The Labute approximate surface area is 55.7 Å². The Morgan fingerprint density at radius 1 is 1.44 bits per heavy atom. The molecule has 2 nitrogen and oxygen atoms in total. The number of rotatable bonds is 1. The third-order valence-electron chi connectivity index (χ3n) is 1.51. The second kappa shape index (κ2) is 2.76. The molecule has 0 bridgehead atoms. The van der Waals surface area contributed by atoms with E-state index in [1.165, 1.54) is 0 Å². The van der Waals surface area contributed by atoms with Crippen molar-refractivity contribution < 1.29 is 0 Å². The van der Waals surface area contributed by atoms with Crippen molar-refractivity contribution in [2.24, 2.45) is 15.9 Å². The Hall–Kier alpha value is -0.660. The summed E-state index contributed by atoms with van der Waals surface area (Å²) in [5, 5.41) is 0. The monoisotopic (exact) mass is 124 g/mol. The third-order valence-corrected chi connectivity index (χ3v) is 1.51. The lowest BCUT2D eigenvalue weighted by Gasteiger charge is -2.14. The van der Waals surface area contributed by atoms with E-state index in [-0.39, 0.29) is 0 Å². The SMILES string of the molecule is CC(C)C1CN=CC=N1. The Morgan fingerprint density at radius 2 is 2.22 bits per heavy atom. The summed E-state index contributed by atoms with van der Waals surface area (Å²) in [4.78, 5) is 8.36. The van der Waals surface area contributed by atoms with Gasteiger partial charge in [-0.3, -0.25) is 9.98 Å². The summed E-state index contributed by atoms with van der Waals surface area (Å²) in [5.74, 6) is 0.624. The smallest absolute Gasteiger partial charge is 0.0718 e. The molecule has 1 atom stereocenters. The van der Waals surface area contributed by atoms with Crippen LogP contribution in [0.25, 0.3) is 0 Å². The maximum atomic E-state index is 4.25. The van der Waals surface area contributed by atoms with Crippen LogP contribution in [0, 0.1) is 5.92 Å². The van der Waals surface area contributed by atoms with Crippen LogP contribution in [-0.2, 0) is 0 Å². The molecule has 0 aromatic rings. The topological polar surface area (TPSA) is 24.7 Å². The molecule has 0 amide bonds. The zero-order valence-corrected chi connectivity index (χ0v) is 5.91. The third kappa shape index (κ3) is 1.63. The molecule has 1 rings (SSSR count). The molecular formula is C7H12N2. The van der Waals surface area contributed by atoms with Gasteiger partial charge in [-0.1, -0.05) is 13.8 Å². The van der Waals surface area contributed by atoms with Crippen LogP contribution >= 0.6 is 0 Å². The first-order valence-corrected chi connectivity index (χ1v) is 3.32. The van der Waals surface area contributed by atoms with Crippen molar-refractivity contribution in [3.8, 4) is 0 Å². The van der Waals surface area contributed by atoms with Crippen molar-refractivity contribution in [1.29, 1.82) is 0 Å². The Balaban J connectivity index is 2.46. The van der Waals surface area contributed by atoms with Crippen molar-refractivity contribution >= 4 is 12.4 Å². The van der Waals surface area contributed by atoms with Gasteiger partial charge in [0, 0.05) is 12.4 Å². The van der Waals surface area contributed by atoms with Crippen molar-refractivity contribution in [3.05, 3.63) is 0 Å². The second-order valence-corrected chi connectivity index (χ2v) is 2.62. The molecule has 1 aliphatic heterocycles. The van der Waals surface area contributed by atoms with Gasteiger partial charge in [-0.15, -0.1) is 0 Å². The van der Waals surface area contributed by atoms with Gasteiger partial charge >= 0.3 is 0 Å². The van der Waals surface area contributed by atoms with Crippen LogP contribution in [0.2, 0.25) is 0 Å². The zero-order chi connectivity index (χ0) is 6.69. The average Bonchev–Trinajstić information content (AvgIpc) is 1.90. The van der Waals surface area contributed by atoms with Crippen molar-refractivity contribution in [2.45, 2.75) is 19.9 Å². The summed E-state index contributed by atoms with van der Waals surface area (Å²) in [5.41, 5.74) is 0. The maximum absolute atomic E-state index is 4.25. The van der Waals surface area contributed by atoms with E-state index >= 15 is 0 Å². The van der Waals surface area contributed by atoms with Crippen LogP contribution in [0.15, 0.2) is 9.98 Å². The van der Waals surface area contributed by atoms with E-state index in [9.17, 15) is 0 Å². The van der Waals surface area contributed by atoms with Crippen molar-refractivity contribution in [3.63, 3.8) is 0 Å². The molecule has 0 N–H and O–H groups in total. The molecule has 50 valence electrons. The van der Waals surface area contributed by atoms with Gasteiger partial charge in [0.15, 0.2) is 0 Å². The van der Waals surface area contributed by atoms with Gasteiger partial charge in [0.05, 0.1) is 12.6 Å². The van der Waals surface area contributed by atoms with E-state index in [1.54, 1.807) is 12.4 Å². The summed E-state index contributed by atoms with van der Waals surface area (Å²) in [6.45, 7) is 5.21. The van der Waals surface area contributed by atoms with Crippen LogP contribution in [0.5, 0.6) is 0 Å². The normalized spacial score (nSPS) is 25.4. The molecule has 1 aliphatic rings. The Kier molecular flexibility index (Phi) is 1.98. The minimum atomic E-state index is 0.426. The minimum absolute atomic E-state index is 0.426. The van der Waals surface area contributed by atoms with Crippen LogP contribution in [-0.4, -0.2) is 25.0 Å². The highest BCUT2D eigenvalue weighted by molar-refractivity contribution is 6.16. The number of hydrogen-bond donors (Lipinski definition) is 0. The van der Waals surface area contributed by atoms with Crippen LogP contribution in [0.1, 0.15) is 13.8 Å². The largest absolute Gasteiger partial charge is 0.289 e. The molecule has 0 aromatic carbocycles. The summed E-state index contributed by atoms with van der Waals surface area (Å²) in [6, 6.07) is 0.426. The molecule has 2 heteroatoms. The standard InChI is InChI=1S/C7H12N2/c1-6(2)7-5-8-3-4-9-7/h3-4,6-7H,5H2,1-2H3. The average molecular weight is 124 g/mol. The fourth-order valence-corrected chi connectivity index (χ4v) is 0.795. The molecule has 0 saturated heterocycles. The quantitative estimate of drug-likeness (QED) is 0.501. The highest BCUT2D eigenvalue weighted by Crippen LogP contribution is 2.07. The Morgan fingerprint density at radius 3 is 2.56 bits per heavy atom. The lowest BCUT2D eigenvalue weighted by Crippen LogP contribution is -2.19. The van der Waals surface area contributed by atoms with E-state index in [0.29, 0.717) is 12.0 Å². The molecule has 0 radical (unpaired) electrons. The molecule has 9 heavy (non-hydrogen) atoms. The summed E-state index contributed by atoms with van der Waals surface area (Å²) in [7, 11) is 0. The van der Waals surface area contributed by atoms with Crippen LogP contribution < -0.4 is 0 Å². The summed E-state index contributed by atoms with van der Waals surface area (Å²) in [6.07, 6.45) is 3.55. The molecule has 0 fully saturated rings. The van der Waals surface area contributed by atoms with E-state index in [1.807, 2.05) is 0 Å². The van der Waals surface area contributed by atoms with Crippen LogP contribution in [0.4, 0.5) is 0 Å². The highest BCUT2D eigenvalue weighted by atomic mass is 14.9. The lowest BCUT2D eigenvalue weighted by molar-refractivity contribution is 0.504. The Bertz CT molecular complexity index is 136. The summed E-state index contributed by atoms with van der Waals surface area (Å²) < 4.78 is 0. The summed E-state index contributed by atoms with van der Waals surface area (Å²) >= 11 is 0. The van der Waals surface area contributed by atoms with Crippen molar-refractivity contribution in [1.82, 2.24) is 0 Å². The lowest BCUT2D eigenvalue weighted by atomic mass is 10.1. The predicted molar refractivity (Wildman–Crippen MR) is 40.5 cm³/mol. The van der Waals surface area contributed by atoms with Gasteiger partial charge in [0.25, 0.3) is 0 Å². The highest BCUT2D eigenvalue weighted by Gasteiger charge is 2.10. The maximum Gasteiger partial charge on any atom is 0.0718 e. The molecule has 0 saturated carbocycles. The first kappa shape index (κ1) is 6.46. The van der Waals surface area contributed by atoms with E-state index in [2.05, 4.69) is 23.8 Å². The molecule has 0 aromatic heterocycles. The fourth-order valence-electron chi connectivity index (χ4n) is 0.795.